The normalized spacial score (nSPS) is 37.5. The van der Waals surface area contributed by atoms with Crippen molar-refractivity contribution < 1.29 is 4.79 Å². The highest BCUT2D eigenvalue weighted by molar-refractivity contribution is 7.80. The molecule has 0 aromatic heterocycles. The minimum Gasteiger partial charge on any atom is -0.300 e. The van der Waals surface area contributed by atoms with E-state index < -0.39 is 0 Å². The fourth-order valence-electron chi connectivity index (χ4n) is 2.26. The molecule has 0 amide bonds. The Morgan fingerprint density at radius 2 is 2.18 bits per heavy atom. The summed E-state index contributed by atoms with van der Waals surface area (Å²) in [6.45, 7) is 0. The van der Waals surface area contributed by atoms with Crippen molar-refractivity contribution in [1.29, 1.82) is 0 Å². The molecule has 0 aliphatic heterocycles. The molecule has 2 aliphatic rings. The lowest BCUT2D eigenvalue weighted by Gasteiger charge is -2.33. The Kier molecular flexibility index (Phi) is 1.80. The molecule has 2 bridgehead atoms. The van der Waals surface area contributed by atoms with Crippen molar-refractivity contribution in [3.8, 4) is 0 Å². The molecule has 0 aromatic carbocycles. The summed E-state index contributed by atoms with van der Waals surface area (Å²) in [5.74, 6) is 1.59. The van der Waals surface area contributed by atoms with Gasteiger partial charge in [0, 0.05) is 12.8 Å². The molecule has 11 heavy (non-hydrogen) atoms. The molecule has 0 N–H and O–H groups in total. The number of hydrogen-bond acceptors (Lipinski definition) is 2. The van der Waals surface area contributed by atoms with Gasteiger partial charge in [-0.1, -0.05) is 12.2 Å². The van der Waals surface area contributed by atoms with Gasteiger partial charge in [0.2, 0.25) is 0 Å². The van der Waals surface area contributed by atoms with Gasteiger partial charge in [0.05, 0.1) is 0 Å². The van der Waals surface area contributed by atoms with Crippen LogP contribution in [-0.2, 0) is 4.79 Å². The van der Waals surface area contributed by atoms with Crippen LogP contribution in [-0.4, -0.2) is 10.6 Å². The van der Waals surface area contributed by atoms with Crippen LogP contribution in [0.3, 0.4) is 0 Å². The molecule has 60 valence electrons. The van der Waals surface area contributed by atoms with Crippen molar-refractivity contribution >= 4 is 22.9 Å². The van der Waals surface area contributed by atoms with Crippen molar-refractivity contribution in [2.45, 2.75) is 32.1 Å². The van der Waals surface area contributed by atoms with E-state index in [1.54, 1.807) is 0 Å². The molecule has 2 saturated carbocycles. The average Bonchev–Trinajstić information content (AvgIpc) is 1.97. The first-order valence-electron chi connectivity index (χ1n) is 4.30. The second-order valence-corrected chi connectivity index (χ2v) is 4.27. The smallest absolute Gasteiger partial charge is 0.133 e. The summed E-state index contributed by atoms with van der Waals surface area (Å²) in [7, 11) is 0. The van der Waals surface area contributed by atoms with Crippen molar-refractivity contribution in [2.24, 2.45) is 11.8 Å². The predicted molar refractivity (Wildman–Crippen MR) is 47.7 cm³/mol. The maximum absolute atomic E-state index is 11.2. The van der Waals surface area contributed by atoms with Crippen LogP contribution in [0, 0.1) is 11.8 Å². The van der Waals surface area contributed by atoms with Gasteiger partial charge in [-0.2, -0.15) is 0 Å². The summed E-state index contributed by atoms with van der Waals surface area (Å²) in [6.07, 6.45) is 5.04. The van der Waals surface area contributed by atoms with Crippen LogP contribution in [0.1, 0.15) is 32.1 Å². The monoisotopic (exact) mass is 168 g/mol. The Labute approximate surface area is 72.2 Å². The van der Waals surface area contributed by atoms with Gasteiger partial charge in [-0.25, -0.2) is 0 Å². The molecule has 2 heteroatoms. The Hall–Kier alpha value is -0.240. The van der Waals surface area contributed by atoms with E-state index >= 15 is 0 Å². The summed E-state index contributed by atoms with van der Waals surface area (Å²) in [6, 6.07) is 0. The highest BCUT2D eigenvalue weighted by Gasteiger charge is 2.33. The van der Waals surface area contributed by atoms with Crippen LogP contribution in [0.15, 0.2) is 0 Å². The molecule has 0 heterocycles. The first-order chi connectivity index (χ1) is 5.25. The lowest BCUT2D eigenvalue weighted by Crippen LogP contribution is -2.32. The van der Waals surface area contributed by atoms with E-state index in [0.717, 1.165) is 24.1 Å². The van der Waals surface area contributed by atoms with Gasteiger partial charge < -0.3 is 0 Å². The van der Waals surface area contributed by atoms with Gasteiger partial charge in [-0.3, -0.25) is 4.79 Å². The number of ketones is 1. The van der Waals surface area contributed by atoms with Gasteiger partial charge in [0.1, 0.15) is 5.78 Å². The maximum atomic E-state index is 11.2. The molecule has 0 radical (unpaired) electrons. The Bertz CT molecular complexity index is 210. The first-order valence-corrected chi connectivity index (χ1v) is 4.71. The number of hydrogen-bond donors (Lipinski definition) is 0. The molecule has 0 aromatic rings. The molecule has 2 fully saturated rings. The zero-order chi connectivity index (χ0) is 7.84. The minimum absolute atomic E-state index is 0.438. The van der Waals surface area contributed by atoms with Crippen molar-refractivity contribution in [3.05, 3.63) is 0 Å². The number of carbonyl (C=O) groups is 1. The maximum Gasteiger partial charge on any atom is 0.133 e. The van der Waals surface area contributed by atoms with Crippen LogP contribution in [0.5, 0.6) is 0 Å². The van der Waals surface area contributed by atoms with Crippen LogP contribution in [0.2, 0.25) is 0 Å². The zero-order valence-corrected chi connectivity index (χ0v) is 7.32. The summed E-state index contributed by atoms with van der Waals surface area (Å²) in [5, 5.41) is 0. The fraction of sp³-hybridized carbons (Fsp3) is 0.778. The summed E-state index contributed by atoms with van der Waals surface area (Å²) < 4.78 is 0. The van der Waals surface area contributed by atoms with Crippen LogP contribution in [0.25, 0.3) is 0 Å². The number of Topliss-reactive ketones (excluding diaryl/α,β-unsaturated/α-hetero) is 1. The van der Waals surface area contributed by atoms with Gasteiger partial charge in [-0.15, -0.1) is 0 Å². The van der Waals surface area contributed by atoms with E-state index in [1.807, 2.05) is 0 Å². The average molecular weight is 168 g/mol. The molecule has 1 nitrogen and oxygen atoms in total. The summed E-state index contributed by atoms with van der Waals surface area (Å²) in [5.41, 5.74) is 0. The third-order valence-corrected chi connectivity index (χ3v) is 3.40. The van der Waals surface area contributed by atoms with Crippen LogP contribution >= 0.6 is 12.2 Å². The molecular formula is C9H12OS. The Morgan fingerprint density at radius 1 is 1.36 bits per heavy atom. The summed E-state index contributed by atoms with van der Waals surface area (Å²) >= 11 is 5.21. The molecule has 0 spiro atoms. The topological polar surface area (TPSA) is 17.1 Å². The lowest BCUT2D eigenvalue weighted by molar-refractivity contribution is -0.122. The van der Waals surface area contributed by atoms with Crippen molar-refractivity contribution in [1.82, 2.24) is 0 Å². The molecule has 2 atom stereocenters. The van der Waals surface area contributed by atoms with E-state index in [2.05, 4.69) is 0 Å². The second-order valence-electron chi connectivity index (χ2n) is 3.75. The van der Waals surface area contributed by atoms with E-state index in [9.17, 15) is 4.79 Å². The largest absolute Gasteiger partial charge is 0.300 e. The Balaban J connectivity index is 2.14. The van der Waals surface area contributed by atoms with E-state index in [-0.39, 0.29) is 0 Å². The highest BCUT2D eigenvalue weighted by Crippen LogP contribution is 2.36. The zero-order valence-electron chi connectivity index (χ0n) is 6.51. The third kappa shape index (κ3) is 1.36. The van der Waals surface area contributed by atoms with Gasteiger partial charge in [-0.05, 0) is 36.0 Å². The quantitative estimate of drug-likeness (QED) is 0.515. The van der Waals surface area contributed by atoms with E-state index in [0.29, 0.717) is 17.6 Å². The Morgan fingerprint density at radius 3 is 3.00 bits per heavy atom. The SMILES string of the molecule is O=C1CC2CCC(=S)C(C1)C2. The number of fused-ring (bicyclic) bond motifs is 2. The van der Waals surface area contributed by atoms with E-state index in [4.69, 9.17) is 12.2 Å². The second kappa shape index (κ2) is 2.67. The predicted octanol–water partition coefficient (Wildman–Crippen LogP) is 2.14. The number of carbonyl (C=O) groups excluding carboxylic acids is 1. The van der Waals surface area contributed by atoms with Crippen molar-refractivity contribution in [2.75, 3.05) is 0 Å². The fourth-order valence-corrected chi connectivity index (χ4v) is 2.56. The van der Waals surface area contributed by atoms with Gasteiger partial charge in [0.15, 0.2) is 0 Å². The third-order valence-electron chi connectivity index (χ3n) is 2.86. The van der Waals surface area contributed by atoms with Gasteiger partial charge in [0.25, 0.3) is 0 Å². The van der Waals surface area contributed by atoms with Gasteiger partial charge >= 0.3 is 0 Å². The first kappa shape index (κ1) is 7.41. The molecule has 0 saturated heterocycles. The standard InChI is InChI=1S/C9H12OS/c10-8-4-6-1-2-9(11)7(3-6)5-8/h6-7H,1-5H2. The molecule has 2 aliphatic carbocycles. The number of thiocarbonyl (C=S) groups is 1. The summed E-state index contributed by atoms with van der Waals surface area (Å²) in [4.78, 5) is 12.3. The number of rotatable bonds is 0. The van der Waals surface area contributed by atoms with Crippen LogP contribution in [0.4, 0.5) is 0 Å². The van der Waals surface area contributed by atoms with E-state index in [1.165, 1.54) is 12.8 Å². The molecule has 2 unspecified atom stereocenters. The molecule has 2 rings (SSSR count). The minimum atomic E-state index is 0.438. The van der Waals surface area contributed by atoms with Crippen molar-refractivity contribution in [3.63, 3.8) is 0 Å². The lowest BCUT2D eigenvalue weighted by atomic mass is 9.72. The van der Waals surface area contributed by atoms with Crippen LogP contribution < -0.4 is 0 Å². The molecular weight excluding hydrogens is 156 g/mol. The highest BCUT2D eigenvalue weighted by atomic mass is 32.1.